The highest BCUT2D eigenvalue weighted by Gasteiger charge is 2.06. The van der Waals surface area contributed by atoms with E-state index in [1.165, 1.54) is 11.1 Å². The Morgan fingerprint density at radius 3 is 2.42 bits per heavy atom. The minimum Gasteiger partial charge on any atom is -0.352 e. The van der Waals surface area contributed by atoms with E-state index in [0.29, 0.717) is 13.1 Å². The summed E-state index contributed by atoms with van der Waals surface area (Å²) in [6, 6.07) is 16.1. The molecule has 0 fully saturated rings. The van der Waals surface area contributed by atoms with Crippen molar-refractivity contribution in [2.45, 2.75) is 19.6 Å². The number of benzene rings is 1. The molecule has 0 radical (unpaired) electrons. The zero-order chi connectivity index (χ0) is 20.6. The first-order valence-electron chi connectivity index (χ1n) is 9.75. The first-order chi connectivity index (χ1) is 14.8. The van der Waals surface area contributed by atoms with Gasteiger partial charge in [-0.1, -0.05) is 24.3 Å². The van der Waals surface area contributed by atoms with E-state index in [2.05, 4.69) is 49.0 Å². The molecule has 0 aliphatic heterocycles. The van der Waals surface area contributed by atoms with Crippen molar-refractivity contribution < 1.29 is 0 Å². The minimum atomic E-state index is 0. The average Bonchev–Trinajstić information content (AvgIpc) is 3.50. The minimum absolute atomic E-state index is 0. The van der Waals surface area contributed by atoms with Gasteiger partial charge in [-0.05, 0) is 41.0 Å². The number of aliphatic imine (C=N–C) groups is 1. The SMILES string of the molecule is CN=C(NCc1ccnc(-n2cccn2)c1)NCc1ccccc1Cn1cccn1.I. The van der Waals surface area contributed by atoms with Crippen molar-refractivity contribution >= 4 is 29.9 Å². The van der Waals surface area contributed by atoms with Crippen molar-refractivity contribution in [3.63, 3.8) is 0 Å². The van der Waals surface area contributed by atoms with Gasteiger partial charge in [0, 0.05) is 51.1 Å². The quantitative estimate of drug-likeness (QED) is 0.219. The fourth-order valence-electron chi connectivity index (χ4n) is 3.14. The Hall–Kier alpha value is -3.21. The molecule has 0 spiro atoms. The number of hydrogen-bond acceptors (Lipinski definition) is 4. The van der Waals surface area contributed by atoms with Gasteiger partial charge in [-0.2, -0.15) is 10.2 Å². The number of guanidine groups is 1. The van der Waals surface area contributed by atoms with Gasteiger partial charge < -0.3 is 10.6 Å². The van der Waals surface area contributed by atoms with Crippen molar-refractivity contribution in [3.05, 3.63) is 96.2 Å². The summed E-state index contributed by atoms with van der Waals surface area (Å²) in [5.41, 5.74) is 3.53. The summed E-state index contributed by atoms with van der Waals surface area (Å²) in [6.07, 6.45) is 9.17. The third-order valence-electron chi connectivity index (χ3n) is 4.69. The van der Waals surface area contributed by atoms with Crippen LogP contribution in [0.25, 0.3) is 5.82 Å². The number of halogens is 1. The third kappa shape index (κ3) is 6.14. The lowest BCUT2D eigenvalue weighted by atomic mass is 10.1. The van der Waals surface area contributed by atoms with E-state index in [1.54, 1.807) is 30.3 Å². The highest BCUT2D eigenvalue weighted by Crippen LogP contribution is 2.10. The summed E-state index contributed by atoms with van der Waals surface area (Å²) >= 11 is 0. The van der Waals surface area contributed by atoms with Crippen molar-refractivity contribution in [2.24, 2.45) is 4.99 Å². The summed E-state index contributed by atoms with van der Waals surface area (Å²) in [4.78, 5) is 8.70. The van der Waals surface area contributed by atoms with Gasteiger partial charge in [0.25, 0.3) is 0 Å². The fraction of sp³-hybridized carbons (Fsp3) is 0.182. The van der Waals surface area contributed by atoms with Crippen LogP contribution in [0.15, 0.2) is 84.5 Å². The molecule has 0 aliphatic rings. The van der Waals surface area contributed by atoms with E-state index < -0.39 is 0 Å². The number of nitrogens with zero attached hydrogens (tertiary/aromatic N) is 6. The summed E-state index contributed by atoms with van der Waals surface area (Å²) in [5, 5.41) is 15.3. The Morgan fingerprint density at radius 1 is 0.903 bits per heavy atom. The van der Waals surface area contributed by atoms with E-state index in [4.69, 9.17) is 0 Å². The number of nitrogens with one attached hydrogen (secondary N) is 2. The molecule has 4 aromatic rings. The summed E-state index contributed by atoms with van der Waals surface area (Å²) < 4.78 is 3.67. The Labute approximate surface area is 198 Å². The maximum Gasteiger partial charge on any atom is 0.191 e. The monoisotopic (exact) mass is 528 g/mol. The molecule has 3 heterocycles. The number of hydrogen-bond donors (Lipinski definition) is 2. The topological polar surface area (TPSA) is 85.0 Å². The maximum absolute atomic E-state index is 4.37. The maximum atomic E-state index is 4.37. The van der Waals surface area contributed by atoms with Crippen LogP contribution in [-0.2, 0) is 19.6 Å². The van der Waals surface area contributed by atoms with E-state index in [9.17, 15) is 0 Å². The predicted octanol–water partition coefficient (Wildman–Crippen LogP) is 3.00. The Kier molecular flexibility index (Phi) is 8.16. The van der Waals surface area contributed by atoms with Crippen LogP contribution in [0.4, 0.5) is 0 Å². The van der Waals surface area contributed by atoms with Gasteiger partial charge in [0.1, 0.15) is 0 Å². The molecule has 0 saturated carbocycles. The fourth-order valence-corrected chi connectivity index (χ4v) is 3.14. The van der Waals surface area contributed by atoms with E-state index in [1.807, 2.05) is 47.4 Å². The van der Waals surface area contributed by atoms with Crippen LogP contribution in [0.3, 0.4) is 0 Å². The molecule has 8 nitrogen and oxygen atoms in total. The zero-order valence-corrected chi connectivity index (χ0v) is 19.5. The van der Waals surface area contributed by atoms with Crippen molar-refractivity contribution in [2.75, 3.05) is 7.05 Å². The number of aromatic nitrogens is 5. The third-order valence-corrected chi connectivity index (χ3v) is 4.69. The smallest absolute Gasteiger partial charge is 0.191 e. The van der Waals surface area contributed by atoms with Crippen LogP contribution < -0.4 is 10.6 Å². The standard InChI is InChI=1S/C22H24N8.HI/c1-23-22(25-15-18-8-11-24-21(14-18)30-13-5-10-28-30)26-16-19-6-2-3-7-20(19)17-29-12-4-9-27-29;/h2-14H,15-17H2,1H3,(H2,23,25,26);1H. The van der Waals surface area contributed by atoms with Crippen LogP contribution in [0.2, 0.25) is 0 Å². The number of rotatable bonds is 7. The molecular weight excluding hydrogens is 503 g/mol. The summed E-state index contributed by atoms with van der Waals surface area (Å²) in [5.74, 6) is 1.52. The van der Waals surface area contributed by atoms with E-state index in [0.717, 1.165) is 23.9 Å². The van der Waals surface area contributed by atoms with Crippen LogP contribution in [0, 0.1) is 0 Å². The van der Waals surface area contributed by atoms with Crippen LogP contribution >= 0.6 is 24.0 Å². The molecule has 4 rings (SSSR count). The molecular formula is C22H25IN8. The Morgan fingerprint density at radius 2 is 1.68 bits per heavy atom. The van der Waals surface area contributed by atoms with Gasteiger partial charge >= 0.3 is 0 Å². The molecule has 3 aromatic heterocycles. The van der Waals surface area contributed by atoms with Crippen molar-refractivity contribution in [1.29, 1.82) is 0 Å². The normalized spacial score (nSPS) is 11.1. The van der Waals surface area contributed by atoms with Crippen LogP contribution in [-0.4, -0.2) is 37.6 Å². The molecule has 0 atom stereocenters. The van der Waals surface area contributed by atoms with Gasteiger partial charge in [0.15, 0.2) is 11.8 Å². The van der Waals surface area contributed by atoms with Gasteiger partial charge in [-0.25, -0.2) is 9.67 Å². The summed E-state index contributed by atoms with van der Waals surface area (Å²) in [6.45, 7) is 2.04. The highest BCUT2D eigenvalue weighted by molar-refractivity contribution is 14.0. The Balaban J connectivity index is 0.00000272. The molecule has 0 saturated heterocycles. The van der Waals surface area contributed by atoms with Crippen molar-refractivity contribution in [1.82, 2.24) is 35.2 Å². The molecule has 0 amide bonds. The average molecular weight is 528 g/mol. The van der Waals surface area contributed by atoms with Gasteiger partial charge in [0.05, 0.1) is 6.54 Å². The largest absolute Gasteiger partial charge is 0.352 e. The molecule has 2 N–H and O–H groups in total. The molecule has 0 aliphatic carbocycles. The first-order valence-corrected chi connectivity index (χ1v) is 9.75. The van der Waals surface area contributed by atoms with Gasteiger partial charge in [-0.15, -0.1) is 24.0 Å². The first kappa shape index (κ1) is 22.5. The molecule has 160 valence electrons. The van der Waals surface area contributed by atoms with E-state index in [-0.39, 0.29) is 24.0 Å². The van der Waals surface area contributed by atoms with Gasteiger partial charge in [-0.3, -0.25) is 9.67 Å². The second kappa shape index (κ2) is 11.3. The second-order valence-corrected chi connectivity index (χ2v) is 6.72. The molecule has 0 bridgehead atoms. The predicted molar refractivity (Wildman–Crippen MR) is 132 cm³/mol. The molecule has 9 heteroatoms. The number of pyridine rings is 1. The van der Waals surface area contributed by atoms with Crippen molar-refractivity contribution in [3.8, 4) is 5.82 Å². The Bertz CT molecular complexity index is 1090. The zero-order valence-electron chi connectivity index (χ0n) is 17.2. The van der Waals surface area contributed by atoms with Crippen LogP contribution in [0.1, 0.15) is 16.7 Å². The van der Waals surface area contributed by atoms with E-state index >= 15 is 0 Å². The lowest BCUT2D eigenvalue weighted by molar-refractivity contribution is 0.677. The molecule has 31 heavy (non-hydrogen) atoms. The highest BCUT2D eigenvalue weighted by atomic mass is 127. The summed E-state index contributed by atoms with van der Waals surface area (Å²) in [7, 11) is 1.77. The van der Waals surface area contributed by atoms with Crippen LogP contribution in [0.5, 0.6) is 0 Å². The van der Waals surface area contributed by atoms with Gasteiger partial charge in [0.2, 0.25) is 0 Å². The lowest BCUT2D eigenvalue weighted by Crippen LogP contribution is -2.36. The molecule has 0 unspecified atom stereocenters. The lowest BCUT2D eigenvalue weighted by Gasteiger charge is -2.15. The second-order valence-electron chi connectivity index (χ2n) is 6.72. The molecule has 1 aromatic carbocycles.